The molecular weight excluding hydrogens is 332 g/mol. The Morgan fingerprint density at radius 1 is 1.27 bits per heavy atom. The monoisotopic (exact) mass is 356 g/mol. The van der Waals surface area contributed by atoms with Crippen LogP contribution in [0.3, 0.4) is 0 Å². The summed E-state index contributed by atoms with van der Waals surface area (Å²) >= 11 is 0. The number of aryl methyl sites for hydroxylation is 2. The van der Waals surface area contributed by atoms with Crippen LogP contribution in [-0.2, 0) is 7.05 Å². The van der Waals surface area contributed by atoms with Crippen molar-refractivity contribution in [3.8, 4) is 11.4 Å². The van der Waals surface area contributed by atoms with E-state index in [1.54, 1.807) is 4.90 Å². The minimum atomic E-state index is -0.784. The van der Waals surface area contributed by atoms with Gasteiger partial charge < -0.3 is 15.3 Å². The molecule has 1 amide bonds. The van der Waals surface area contributed by atoms with Crippen LogP contribution in [-0.4, -0.2) is 55.7 Å². The molecule has 2 aliphatic rings. The third kappa shape index (κ3) is 3.11. The summed E-state index contributed by atoms with van der Waals surface area (Å²) in [4.78, 5) is 12.6. The van der Waals surface area contributed by atoms with Crippen LogP contribution in [0, 0.1) is 24.7 Å². The average molecular weight is 356 g/mol. The van der Waals surface area contributed by atoms with Gasteiger partial charge in [-0.25, -0.2) is 4.79 Å². The predicted octanol–water partition coefficient (Wildman–Crippen LogP) is 2.23. The quantitative estimate of drug-likeness (QED) is 0.872. The molecule has 2 unspecified atom stereocenters. The fourth-order valence-corrected chi connectivity index (χ4v) is 4.47. The van der Waals surface area contributed by atoms with Crippen molar-refractivity contribution in [1.82, 2.24) is 24.9 Å². The summed E-state index contributed by atoms with van der Waals surface area (Å²) in [5.41, 5.74) is 2.88. The second-order valence-electron chi connectivity index (χ2n) is 7.53. The molecule has 1 aliphatic heterocycles. The van der Waals surface area contributed by atoms with Gasteiger partial charge >= 0.3 is 6.09 Å². The van der Waals surface area contributed by atoms with Crippen LogP contribution >= 0.6 is 0 Å². The lowest BCUT2D eigenvalue weighted by Crippen LogP contribution is -2.28. The summed E-state index contributed by atoms with van der Waals surface area (Å²) in [6, 6.07) is 3.92. The molecule has 0 radical (unpaired) electrons. The van der Waals surface area contributed by atoms with E-state index in [-0.39, 0.29) is 0 Å². The Hall–Kier alpha value is -2.64. The standard InChI is InChI=1S/C18H24N6O2/c1-11-7-20-23(2)17(11)15-3-4-16(22-21-15)19-8-12-5-13-9-24(18(25)26)10-14(13)6-12/h3-4,7,12-14H,5-6,8-10H2,1-2H3,(H,19,22)(H,25,26)/t12?,13-,14?/m1/s1. The second-order valence-corrected chi connectivity index (χ2v) is 7.53. The fourth-order valence-electron chi connectivity index (χ4n) is 4.47. The lowest BCUT2D eigenvalue weighted by molar-refractivity contribution is 0.151. The normalized spacial score (nSPS) is 24.7. The molecule has 2 N–H and O–H groups in total. The van der Waals surface area contributed by atoms with Gasteiger partial charge in [-0.1, -0.05) is 0 Å². The molecule has 1 aliphatic carbocycles. The molecule has 0 bridgehead atoms. The number of hydrogen-bond acceptors (Lipinski definition) is 5. The molecule has 8 heteroatoms. The van der Waals surface area contributed by atoms with E-state index < -0.39 is 6.09 Å². The van der Waals surface area contributed by atoms with Gasteiger partial charge in [-0.3, -0.25) is 4.68 Å². The molecule has 0 spiro atoms. The van der Waals surface area contributed by atoms with Gasteiger partial charge in [0.15, 0.2) is 0 Å². The number of nitrogens with one attached hydrogen (secondary N) is 1. The first-order valence-corrected chi connectivity index (χ1v) is 9.05. The highest BCUT2D eigenvalue weighted by Crippen LogP contribution is 2.41. The van der Waals surface area contributed by atoms with Crippen molar-refractivity contribution in [1.29, 1.82) is 0 Å². The van der Waals surface area contributed by atoms with Crippen LogP contribution < -0.4 is 5.32 Å². The highest BCUT2D eigenvalue weighted by molar-refractivity contribution is 5.65. The SMILES string of the molecule is Cc1cnn(C)c1-c1ccc(NCC2CC3CN(C(=O)O)C[C@H]3C2)nn1. The molecular formula is C18H24N6O2. The van der Waals surface area contributed by atoms with Gasteiger partial charge in [-0.15, -0.1) is 10.2 Å². The molecule has 1 saturated carbocycles. The minimum Gasteiger partial charge on any atom is -0.465 e. The van der Waals surface area contributed by atoms with E-state index in [2.05, 4.69) is 20.6 Å². The molecule has 2 aromatic rings. The van der Waals surface area contributed by atoms with Crippen LogP contribution in [0.1, 0.15) is 18.4 Å². The first-order chi connectivity index (χ1) is 12.5. The number of anilines is 1. The Morgan fingerprint density at radius 2 is 2.00 bits per heavy atom. The lowest BCUT2D eigenvalue weighted by atomic mass is 10.0. The Labute approximate surface area is 152 Å². The minimum absolute atomic E-state index is 0.513. The Kier molecular flexibility index (Phi) is 4.26. The third-order valence-corrected chi connectivity index (χ3v) is 5.72. The zero-order valence-corrected chi connectivity index (χ0v) is 15.1. The first kappa shape index (κ1) is 16.8. The van der Waals surface area contributed by atoms with E-state index in [1.165, 1.54) is 0 Å². The second kappa shape index (κ2) is 6.59. The zero-order chi connectivity index (χ0) is 18.3. The predicted molar refractivity (Wildman–Crippen MR) is 96.8 cm³/mol. The van der Waals surface area contributed by atoms with Gasteiger partial charge in [0, 0.05) is 26.7 Å². The molecule has 138 valence electrons. The smallest absolute Gasteiger partial charge is 0.407 e. The number of rotatable bonds is 4. The molecule has 1 saturated heterocycles. The summed E-state index contributed by atoms with van der Waals surface area (Å²) in [5, 5.41) is 25.4. The van der Waals surface area contributed by atoms with Crippen LogP contribution in [0.4, 0.5) is 10.6 Å². The van der Waals surface area contributed by atoms with Crippen molar-refractivity contribution in [3.05, 3.63) is 23.9 Å². The van der Waals surface area contributed by atoms with Crippen molar-refractivity contribution in [2.75, 3.05) is 25.0 Å². The number of likely N-dealkylation sites (tertiary alicyclic amines) is 1. The third-order valence-electron chi connectivity index (χ3n) is 5.72. The van der Waals surface area contributed by atoms with Gasteiger partial charge in [0.05, 0.1) is 11.9 Å². The topological polar surface area (TPSA) is 96.2 Å². The van der Waals surface area contributed by atoms with E-state index in [9.17, 15) is 4.79 Å². The van der Waals surface area contributed by atoms with E-state index in [0.717, 1.165) is 42.2 Å². The van der Waals surface area contributed by atoms with Gasteiger partial charge in [0.1, 0.15) is 11.5 Å². The van der Waals surface area contributed by atoms with Crippen molar-refractivity contribution in [2.45, 2.75) is 19.8 Å². The Bertz CT molecular complexity index is 769. The number of carboxylic acid groups (broad SMARTS) is 1. The summed E-state index contributed by atoms with van der Waals surface area (Å²) in [5.74, 6) is 2.37. The molecule has 4 rings (SSSR count). The number of carbonyl (C=O) groups is 1. The number of hydrogen-bond donors (Lipinski definition) is 2. The van der Waals surface area contributed by atoms with Crippen molar-refractivity contribution in [2.24, 2.45) is 24.8 Å². The maximum Gasteiger partial charge on any atom is 0.407 e. The van der Waals surface area contributed by atoms with Crippen molar-refractivity contribution < 1.29 is 9.90 Å². The number of amides is 1. The van der Waals surface area contributed by atoms with E-state index in [0.29, 0.717) is 30.8 Å². The van der Waals surface area contributed by atoms with Gasteiger partial charge in [-0.05, 0) is 55.2 Å². The molecule has 2 aromatic heterocycles. The zero-order valence-electron chi connectivity index (χ0n) is 15.1. The molecule has 2 fully saturated rings. The van der Waals surface area contributed by atoms with E-state index >= 15 is 0 Å². The molecule has 0 aromatic carbocycles. The van der Waals surface area contributed by atoms with Crippen LogP contribution in [0.5, 0.6) is 0 Å². The number of aromatic nitrogens is 4. The lowest BCUT2D eigenvalue weighted by Gasteiger charge is -2.16. The maximum absolute atomic E-state index is 11.1. The number of nitrogens with zero attached hydrogens (tertiary/aromatic N) is 5. The largest absolute Gasteiger partial charge is 0.465 e. The van der Waals surface area contributed by atoms with Gasteiger partial charge in [0.2, 0.25) is 0 Å². The first-order valence-electron chi connectivity index (χ1n) is 9.05. The van der Waals surface area contributed by atoms with E-state index in [4.69, 9.17) is 5.11 Å². The van der Waals surface area contributed by atoms with Crippen LogP contribution in [0.25, 0.3) is 11.4 Å². The van der Waals surface area contributed by atoms with Crippen molar-refractivity contribution in [3.63, 3.8) is 0 Å². The Balaban J connectivity index is 1.32. The van der Waals surface area contributed by atoms with E-state index in [1.807, 2.05) is 37.0 Å². The summed E-state index contributed by atoms with van der Waals surface area (Å²) < 4.78 is 1.81. The molecule has 3 heterocycles. The highest BCUT2D eigenvalue weighted by Gasteiger charge is 2.42. The van der Waals surface area contributed by atoms with Gasteiger partial charge in [0.25, 0.3) is 0 Å². The van der Waals surface area contributed by atoms with Crippen molar-refractivity contribution >= 4 is 11.9 Å². The summed E-state index contributed by atoms with van der Waals surface area (Å²) in [7, 11) is 1.90. The average Bonchev–Trinajstić information content (AvgIpc) is 3.27. The summed E-state index contributed by atoms with van der Waals surface area (Å²) in [6.07, 6.45) is 3.21. The molecule has 3 atom stereocenters. The number of fused-ring (bicyclic) bond motifs is 1. The highest BCUT2D eigenvalue weighted by atomic mass is 16.4. The fraction of sp³-hybridized carbons (Fsp3) is 0.556. The summed E-state index contributed by atoms with van der Waals surface area (Å²) in [6.45, 7) is 4.25. The van der Waals surface area contributed by atoms with Crippen LogP contribution in [0.15, 0.2) is 18.3 Å². The van der Waals surface area contributed by atoms with Gasteiger partial charge in [-0.2, -0.15) is 5.10 Å². The van der Waals surface area contributed by atoms with Crippen LogP contribution in [0.2, 0.25) is 0 Å². The Morgan fingerprint density at radius 3 is 2.54 bits per heavy atom. The molecule has 8 nitrogen and oxygen atoms in total. The maximum atomic E-state index is 11.1. The molecule has 26 heavy (non-hydrogen) atoms.